The SMILES string of the molecule is O=C1Nc2ccccc2C1=CC1=NN=CC1. The first-order chi connectivity index (χ1) is 7.84. The van der Waals surface area contributed by atoms with Gasteiger partial charge in [-0.25, -0.2) is 0 Å². The number of para-hydroxylation sites is 1. The van der Waals surface area contributed by atoms with E-state index < -0.39 is 0 Å². The number of hydrogen-bond acceptors (Lipinski definition) is 3. The fourth-order valence-electron chi connectivity index (χ4n) is 1.83. The van der Waals surface area contributed by atoms with Gasteiger partial charge in [0.1, 0.15) is 0 Å². The van der Waals surface area contributed by atoms with Crippen molar-refractivity contribution in [2.24, 2.45) is 10.2 Å². The molecule has 0 spiro atoms. The molecule has 4 nitrogen and oxygen atoms in total. The van der Waals surface area contributed by atoms with Crippen LogP contribution in [0.15, 0.2) is 40.5 Å². The van der Waals surface area contributed by atoms with Gasteiger partial charge in [-0.3, -0.25) is 4.79 Å². The van der Waals surface area contributed by atoms with Crippen molar-refractivity contribution in [2.45, 2.75) is 6.42 Å². The molecule has 16 heavy (non-hydrogen) atoms. The summed E-state index contributed by atoms with van der Waals surface area (Å²) in [6, 6.07) is 7.63. The van der Waals surface area contributed by atoms with Gasteiger partial charge in [0.2, 0.25) is 0 Å². The zero-order chi connectivity index (χ0) is 11.0. The predicted molar refractivity (Wildman–Crippen MR) is 63.6 cm³/mol. The molecular formula is C12H9N3O. The minimum absolute atomic E-state index is 0.0733. The van der Waals surface area contributed by atoms with Gasteiger partial charge in [0.05, 0.1) is 11.3 Å². The number of nitrogens with zero attached hydrogens (tertiary/aromatic N) is 2. The molecule has 1 N–H and O–H groups in total. The van der Waals surface area contributed by atoms with E-state index in [-0.39, 0.29) is 5.91 Å². The molecule has 1 aromatic rings. The summed E-state index contributed by atoms with van der Waals surface area (Å²) in [6.45, 7) is 0. The first kappa shape index (κ1) is 9.03. The van der Waals surface area contributed by atoms with Crippen LogP contribution in [0.3, 0.4) is 0 Å². The van der Waals surface area contributed by atoms with Crippen LogP contribution in [0, 0.1) is 0 Å². The minimum atomic E-state index is -0.0733. The number of allylic oxidation sites excluding steroid dienone is 1. The monoisotopic (exact) mass is 211 g/mol. The van der Waals surface area contributed by atoms with Gasteiger partial charge in [0.25, 0.3) is 5.91 Å². The molecule has 3 rings (SSSR count). The molecule has 0 saturated carbocycles. The molecule has 2 aliphatic rings. The van der Waals surface area contributed by atoms with Gasteiger partial charge in [-0.05, 0) is 12.1 Å². The third-order valence-electron chi connectivity index (χ3n) is 2.59. The number of nitrogens with one attached hydrogen (secondary N) is 1. The van der Waals surface area contributed by atoms with Crippen LogP contribution >= 0.6 is 0 Å². The normalized spacial score (nSPS) is 19.9. The zero-order valence-electron chi connectivity index (χ0n) is 8.47. The Morgan fingerprint density at radius 2 is 2.19 bits per heavy atom. The van der Waals surface area contributed by atoms with Gasteiger partial charge in [-0.1, -0.05) is 18.2 Å². The van der Waals surface area contributed by atoms with Crippen molar-refractivity contribution in [1.82, 2.24) is 0 Å². The van der Waals surface area contributed by atoms with Crippen LogP contribution in [-0.2, 0) is 4.79 Å². The second kappa shape index (κ2) is 3.41. The van der Waals surface area contributed by atoms with Gasteiger partial charge in [0, 0.05) is 23.9 Å². The Hall–Kier alpha value is -2.23. The lowest BCUT2D eigenvalue weighted by atomic mass is 10.1. The van der Waals surface area contributed by atoms with Crippen molar-refractivity contribution in [3.05, 3.63) is 35.9 Å². The van der Waals surface area contributed by atoms with Crippen LogP contribution in [-0.4, -0.2) is 17.8 Å². The van der Waals surface area contributed by atoms with E-state index in [0.717, 1.165) is 17.0 Å². The third kappa shape index (κ3) is 1.35. The topological polar surface area (TPSA) is 53.8 Å². The molecule has 78 valence electrons. The van der Waals surface area contributed by atoms with Crippen molar-refractivity contribution in [3.63, 3.8) is 0 Å². The molecule has 0 fully saturated rings. The fourth-order valence-corrected chi connectivity index (χ4v) is 1.83. The standard InChI is InChI=1S/C12H9N3O/c16-12-10(7-8-5-6-13-15-8)9-3-1-2-4-11(9)14-12/h1-4,6-7H,5H2,(H,14,16). The lowest BCUT2D eigenvalue weighted by molar-refractivity contribution is -0.110. The van der Waals surface area contributed by atoms with E-state index in [1.54, 1.807) is 12.3 Å². The summed E-state index contributed by atoms with van der Waals surface area (Å²) in [7, 11) is 0. The maximum atomic E-state index is 11.7. The van der Waals surface area contributed by atoms with E-state index in [1.165, 1.54) is 0 Å². The fraction of sp³-hybridized carbons (Fsp3) is 0.0833. The quantitative estimate of drug-likeness (QED) is 0.708. The molecular weight excluding hydrogens is 202 g/mol. The van der Waals surface area contributed by atoms with Crippen LogP contribution in [0.2, 0.25) is 0 Å². The second-order valence-corrected chi connectivity index (χ2v) is 3.65. The number of hydrogen-bond donors (Lipinski definition) is 1. The average molecular weight is 211 g/mol. The lowest BCUT2D eigenvalue weighted by Gasteiger charge is -1.96. The van der Waals surface area contributed by atoms with Crippen molar-refractivity contribution in [3.8, 4) is 0 Å². The molecule has 4 heteroatoms. The van der Waals surface area contributed by atoms with Gasteiger partial charge in [0.15, 0.2) is 0 Å². The number of rotatable bonds is 1. The first-order valence-electron chi connectivity index (χ1n) is 5.05. The molecule has 0 radical (unpaired) electrons. The summed E-state index contributed by atoms with van der Waals surface area (Å²) in [6.07, 6.45) is 4.22. The summed E-state index contributed by atoms with van der Waals surface area (Å²) in [4.78, 5) is 11.7. The second-order valence-electron chi connectivity index (χ2n) is 3.65. The highest BCUT2D eigenvalue weighted by molar-refractivity contribution is 6.34. The Labute approximate surface area is 92.4 Å². The number of amides is 1. The van der Waals surface area contributed by atoms with Crippen molar-refractivity contribution >= 4 is 29.1 Å². The number of anilines is 1. The highest BCUT2D eigenvalue weighted by Gasteiger charge is 2.23. The predicted octanol–water partition coefficient (Wildman–Crippen LogP) is 1.85. The van der Waals surface area contributed by atoms with E-state index in [9.17, 15) is 4.79 Å². The third-order valence-corrected chi connectivity index (χ3v) is 2.59. The molecule has 0 bridgehead atoms. The van der Waals surface area contributed by atoms with Gasteiger partial charge in [-0.15, -0.1) is 0 Å². The van der Waals surface area contributed by atoms with Crippen LogP contribution < -0.4 is 5.32 Å². The van der Waals surface area contributed by atoms with Crippen LogP contribution in [0.4, 0.5) is 5.69 Å². The average Bonchev–Trinajstić information content (AvgIpc) is 2.89. The van der Waals surface area contributed by atoms with E-state index >= 15 is 0 Å². The first-order valence-corrected chi connectivity index (χ1v) is 5.05. The van der Waals surface area contributed by atoms with Gasteiger partial charge in [-0.2, -0.15) is 10.2 Å². The molecule has 0 saturated heterocycles. The highest BCUT2D eigenvalue weighted by atomic mass is 16.2. The van der Waals surface area contributed by atoms with E-state index in [1.807, 2.05) is 24.3 Å². The molecule has 0 unspecified atom stereocenters. The molecule has 1 amide bonds. The van der Waals surface area contributed by atoms with Crippen LogP contribution in [0.1, 0.15) is 12.0 Å². The zero-order valence-corrected chi connectivity index (χ0v) is 8.47. The Morgan fingerprint density at radius 1 is 1.31 bits per heavy atom. The smallest absolute Gasteiger partial charge is 0.256 e. The van der Waals surface area contributed by atoms with Gasteiger partial charge < -0.3 is 5.32 Å². The molecule has 2 aliphatic heterocycles. The number of fused-ring (bicyclic) bond motifs is 1. The largest absolute Gasteiger partial charge is 0.321 e. The van der Waals surface area contributed by atoms with Crippen LogP contribution in [0.25, 0.3) is 5.57 Å². The Kier molecular flexibility index (Phi) is 1.93. The van der Waals surface area contributed by atoms with Gasteiger partial charge >= 0.3 is 0 Å². The van der Waals surface area contributed by atoms with Crippen LogP contribution in [0.5, 0.6) is 0 Å². The highest BCUT2D eigenvalue weighted by Crippen LogP contribution is 2.31. The molecule has 0 aromatic heterocycles. The summed E-state index contributed by atoms with van der Waals surface area (Å²) in [5.41, 5.74) is 3.28. The lowest BCUT2D eigenvalue weighted by Crippen LogP contribution is -2.05. The van der Waals surface area contributed by atoms with E-state index in [2.05, 4.69) is 15.5 Å². The molecule has 0 aliphatic carbocycles. The molecule has 0 atom stereocenters. The maximum absolute atomic E-state index is 11.7. The van der Waals surface area contributed by atoms with Crippen molar-refractivity contribution < 1.29 is 4.79 Å². The Bertz CT molecular complexity index is 555. The minimum Gasteiger partial charge on any atom is -0.321 e. The Morgan fingerprint density at radius 3 is 3.00 bits per heavy atom. The number of benzene rings is 1. The van der Waals surface area contributed by atoms with E-state index in [0.29, 0.717) is 12.0 Å². The Balaban J connectivity index is 2.05. The summed E-state index contributed by atoms with van der Waals surface area (Å²) >= 11 is 0. The summed E-state index contributed by atoms with van der Waals surface area (Å²) in [5, 5.41) is 10.5. The maximum Gasteiger partial charge on any atom is 0.256 e. The van der Waals surface area contributed by atoms with E-state index in [4.69, 9.17) is 0 Å². The number of carbonyl (C=O) groups is 1. The summed E-state index contributed by atoms with van der Waals surface area (Å²) in [5.74, 6) is -0.0733. The molecule has 1 aromatic carbocycles. The molecule has 2 heterocycles. The van der Waals surface area contributed by atoms with Crippen molar-refractivity contribution in [1.29, 1.82) is 0 Å². The number of carbonyl (C=O) groups excluding carboxylic acids is 1. The van der Waals surface area contributed by atoms with Crippen molar-refractivity contribution in [2.75, 3.05) is 5.32 Å². The summed E-state index contributed by atoms with van der Waals surface area (Å²) < 4.78 is 0.